The number of fused-ring (bicyclic) bond motifs is 2. The molecule has 30 heavy (non-hydrogen) atoms. The van der Waals surface area contributed by atoms with Crippen LogP contribution in [0.25, 0.3) is 10.9 Å². The standard InChI is InChI=1S/C22H27N3O4S/c1-25-14-16(19-7-3-4-8-20(19)25)6-5-11-23-13-18-15-28-21-10-9-17(12-22(21)29-18)24-30(2,26)27/h3-4,7-10,12,14,18,23-24H,5-6,11,13,15H2,1-2H3. The zero-order valence-electron chi connectivity index (χ0n) is 17.2. The summed E-state index contributed by atoms with van der Waals surface area (Å²) in [5.74, 6) is 1.18. The average molecular weight is 430 g/mol. The van der Waals surface area contributed by atoms with E-state index in [1.165, 1.54) is 16.5 Å². The molecule has 2 heterocycles. The van der Waals surface area contributed by atoms with Gasteiger partial charge in [-0.3, -0.25) is 4.72 Å². The number of hydrogen-bond donors (Lipinski definition) is 2. The summed E-state index contributed by atoms with van der Waals surface area (Å²) in [6.45, 7) is 2.01. The predicted molar refractivity (Wildman–Crippen MR) is 119 cm³/mol. The Morgan fingerprint density at radius 2 is 2.00 bits per heavy atom. The molecule has 1 atom stereocenters. The zero-order chi connectivity index (χ0) is 21.1. The Balaban J connectivity index is 1.26. The van der Waals surface area contributed by atoms with Crippen LogP contribution in [0.2, 0.25) is 0 Å². The number of aromatic nitrogens is 1. The Bertz CT molecular complexity index is 1140. The zero-order valence-corrected chi connectivity index (χ0v) is 18.0. The molecule has 0 aliphatic carbocycles. The van der Waals surface area contributed by atoms with Crippen molar-refractivity contribution in [2.75, 3.05) is 30.7 Å². The van der Waals surface area contributed by atoms with Crippen molar-refractivity contribution in [2.24, 2.45) is 7.05 Å². The van der Waals surface area contributed by atoms with Crippen LogP contribution in [0.4, 0.5) is 5.69 Å². The van der Waals surface area contributed by atoms with E-state index in [1.807, 2.05) is 0 Å². The van der Waals surface area contributed by atoms with Gasteiger partial charge in [-0.1, -0.05) is 18.2 Å². The van der Waals surface area contributed by atoms with Crippen LogP contribution in [0, 0.1) is 0 Å². The molecule has 2 aromatic carbocycles. The molecular formula is C22H27N3O4S. The number of anilines is 1. The van der Waals surface area contributed by atoms with Gasteiger partial charge >= 0.3 is 0 Å². The second-order valence-electron chi connectivity index (χ2n) is 7.68. The molecule has 1 unspecified atom stereocenters. The molecule has 2 N–H and O–H groups in total. The van der Waals surface area contributed by atoms with Gasteiger partial charge in [-0.25, -0.2) is 8.42 Å². The van der Waals surface area contributed by atoms with Crippen LogP contribution in [-0.4, -0.2) is 45.0 Å². The van der Waals surface area contributed by atoms with Gasteiger partial charge in [-0.15, -0.1) is 0 Å². The van der Waals surface area contributed by atoms with Gasteiger partial charge in [0.15, 0.2) is 11.5 Å². The average Bonchev–Trinajstić information content (AvgIpc) is 3.02. The molecule has 0 bridgehead atoms. The number of para-hydroxylation sites is 1. The molecule has 1 aromatic heterocycles. The molecule has 0 saturated heterocycles. The van der Waals surface area contributed by atoms with Crippen LogP contribution in [0.3, 0.4) is 0 Å². The maximum absolute atomic E-state index is 11.4. The van der Waals surface area contributed by atoms with E-state index < -0.39 is 10.0 Å². The molecule has 0 spiro atoms. The highest BCUT2D eigenvalue weighted by Gasteiger charge is 2.21. The fourth-order valence-corrected chi connectivity index (χ4v) is 4.34. The highest BCUT2D eigenvalue weighted by atomic mass is 32.2. The van der Waals surface area contributed by atoms with Gasteiger partial charge in [0.25, 0.3) is 0 Å². The van der Waals surface area contributed by atoms with E-state index in [0.717, 1.165) is 25.6 Å². The molecule has 0 amide bonds. The topological polar surface area (TPSA) is 81.6 Å². The number of rotatable bonds is 8. The van der Waals surface area contributed by atoms with E-state index in [0.29, 0.717) is 30.3 Å². The molecule has 3 aromatic rings. The van der Waals surface area contributed by atoms with E-state index in [-0.39, 0.29) is 6.10 Å². The summed E-state index contributed by atoms with van der Waals surface area (Å²) in [7, 11) is -1.25. The Morgan fingerprint density at radius 1 is 1.17 bits per heavy atom. The van der Waals surface area contributed by atoms with E-state index in [1.54, 1.807) is 18.2 Å². The molecule has 1 aliphatic heterocycles. The first-order valence-corrected chi connectivity index (χ1v) is 11.9. The van der Waals surface area contributed by atoms with E-state index in [2.05, 4.69) is 52.1 Å². The SMILES string of the molecule is Cn1cc(CCCNCC2COc3ccc(NS(C)(=O)=O)cc3O2)c2ccccc21. The Morgan fingerprint density at radius 3 is 2.83 bits per heavy atom. The van der Waals surface area contributed by atoms with Gasteiger partial charge in [0.1, 0.15) is 12.7 Å². The quantitative estimate of drug-likeness (QED) is 0.538. The number of nitrogens with one attached hydrogen (secondary N) is 2. The Kier molecular flexibility index (Phi) is 5.87. The number of benzene rings is 2. The smallest absolute Gasteiger partial charge is 0.229 e. The molecule has 4 rings (SSSR count). The van der Waals surface area contributed by atoms with Crippen LogP contribution < -0.4 is 19.5 Å². The molecule has 160 valence electrons. The minimum Gasteiger partial charge on any atom is -0.486 e. The van der Waals surface area contributed by atoms with Crippen molar-refractivity contribution >= 4 is 26.6 Å². The van der Waals surface area contributed by atoms with Crippen LogP contribution >= 0.6 is 0 Å². The van der Waals surface area contributed by atoms with Crippen molar-refractivity contribution in [3.05, 3.63) is 54.2 Å². The molecule has 0 fully saturated rings. The van der Waals surface area contributed by atoms with Gasteiger partial charge in [0.2, 0.25) is 10.0 Å². The van der Waals surface area contributed by atoms with Crippen molar-refractivity contribution in [2.45, 2.75) is 18.9 Å². The fourth-order valence-electron chi connectivity index (χ4n) is 3.79. The highest BCUT2D eigenvalue weighted by Crippen LogP contribution is 2.34. The summed E-state index contributed by atoms with van der Waals surface area (Å²) in [6.07, 6.45) is 5.25. The summed E-state index contributed by atoms with van der Waals surface area (Å²) in [5.41, 5.74) is 3.09. The van der Waals surface area contributed by atoms with Crippen molar-refractivity contribution < 1.29 is 17.9 Å². The molecule has 8 heteroatoms. The van der Waals surface area contributed by atoms with E-state index >= 15 is 0 Å². The summed E-state index contributed by atoms with van der Waals surface area (Å²) < 4.78 is 39.2. The first-order valence-electron chi connectivity index (χ1n) is 10.0. The minimum absolute atomic E-state index is 0.122. The second-order valence-corrected chi connectivity index (χ2v) is 9.43. The van der Waals surface area contributed by atoms with Crippen LogP contribution in [-0.2, 0) is 23.5 Å². The van der Waals surface area contributed by atoms with Gasteiger partial charge in [-0.2, -0.15) is 0 Å². The molecular weight excluding hydrogens is 402 g/mol. The van der Waals surface area contributed by atoms with Crippen molar-refractivity contribution in [3.63, 3.8) is 0 Å². The van der Waals surface area contributed by atoms with Gasteiger partial charge in [-0.05, 0) is 43.1 Å². The largest absolute Gasteiger partial charge is 0.486 e. The lowest BCUT2D eigenvalue weighted by atomic mass is 10.1. The third kappa shape index (κ3) is 4.88. The minimum atomic E-state index is -3.33. The lowest BCUT2D eigenvalue weighted by molar-refractivity contribution is 0.0906. The Hall–Kier alpha value is -2.71. The lowest BCUT2D eigenvalue weighted by Crippen LogP contribution is -2.38. The maximum atomic E-state index is 11.4. The summed E-state index contributed by atoms with van der Waals surface area (Å²) in [5, 5.41) is 4.76. The third-order valence-corrected chi connectivity index (χ3v) is 5.72. The predicted octanol–water partition coefficient (Wildman–Crippen LogP) is 2.91. The van der Waals surface area contributed by atoms with Crippen LogP contribution in [0.5, 0.6) is 11.5 Å². The number of ether oxygens (including phenoxy) is 2. The van der Waals surface area contributed by atoms with E-state index in [9.17, 15) is 8.42 Å². The van der Waals surface area contributed by atoms with Crippen molar-refractivity contribution in [1.82, 2.24) is 9.88 Å². The number of aryl methyl sites for hydroxylation is 2. The number of hydrogen-bond acceptors (Lipinski definition) is 5. The van der Waals surface area contributed by atoms with Gasteiger partial charge < -0.3 is 19.4 Å². The van der Waals surface area contributed by atoms with Crippen LogP contribution in [0.1, 0.15) is 12.0 Å². The number of sulfonamides is 1. The second kappa shape index (κ2) is 8.57. The van der Waals surface area contributed by atoms with Crippen LogP contribution in [0.15, 0.2) is 48.7 Å². The first kappa shape index (κ1) is 20.6. The summed E-state index contributed by atoms with van der Waals surface area (Å²) >= 11 is 0. The fraction of sp³-hybridized carbons (Fsp3) is 0.364. The van der Waals surface area contributed by atoms with E-state index in [4.69, 9.17) is 9.47 Å². The molecule has 0 saturated carbocycles. The molecule has 1 aliphatic rings. The highest BCUT2D eigenvalue weighted by molar-refractivity contribution is 7.92. The third-order valence-electron chi connectivity index (χ3n) is 5.12. The summed E-state index contributed by atoms with van der Waals surface area (Å²) in [4.78, 5) is 0. The van der Waals surface area contributed by atoms with Gasteiger partial charge in [0, 0.05) is 36.8 Å². The monoisotopic (exact) mass is 429 g/mol. The maximum Gasteiger partial charge on any atom is 0.229 e. The Labute approximate surface area is 177 Å². The summed E-state index contributed by atoms with van der Waals surface area (Å²) in [6, 6.07) is 13.5. The first-order chi connectivity index (χ1) is 14.4. The molecule has 0 radical (unpaired) electrons. The normalized spacial score (nSPS) is 16.0. The number of nitrogens with zero attached hydrogens (tertiary/aromatic N) is 1. The van der Waals surface area contributed by atoms with Crippen molar-refractivity contribution in [1.29, 1.82) is 0 Å². The van der Waals surface area contributed by atoms with Gasteiger partial charge in [0.05, 0.1) is 11.9 Å². The van der Waals surface area contributed by atoms with Crippen molar-refractivity contribution in [3.8, 4) is 11.5 Å². The lowest BCUT2D eigenvalue weighted by Gasteiger charge is -2.27. The molecule has 7 nitrogen and oxygen atoms in total.